The first kappa shape index (κ1) is 12.5. The summed E-state index contributed by atoms with van der Waals surface area (Å²) in [6.07, 6.45) is 0.0681. The Labute approximate surface area is 101 Å². The quantitative estimate of drug-likeness (QED) is 0.872. The molecule has 4 heteroatoms. The Morgan fingerprint density at radius 2 is 2.29 bits per heavy atom. The molecule has 2 rings (SSSR count). The Hall–Kier alpha value is -0.970. The number of halogens is 1. The maximum Gasteiger partial charge on any atom is 0.163 e. The van der Waals surface area contributed by atoms with Crippen LogP contribution in [0, 0.1) is 5.82 Å². The third kappa shape index (κ3) is 3.77. The summed E-state index contributed by atoms with van der Waals surface area (Å²) in [4.78, 5) is 0. The topological polar surface area (TPSA) is 30.5 Å². The molecule has 0 saturated carbocycles. The van der Waals surface area contributed by atoms with Crippen LogP contribution in [-0.2, 0) is 16.0 Å². The van der Waals surface area contributed by atoms with Crippen molar-refractivity contribution in [3.63, 3.8) is 0 Å². The van der Waals surface area contributed by atoms with Gasteiger partial charge in [-0.15, -0.1) is 0 Å². The second-order valence-electron chi connectivity index (χ2n) is 4.71. The van der Waals surface area contributed by atoms with Crippen molar-refractivity contribution in [3.8, 4) is 0 Å². The number of hydrogen-bond acceptors (Lipinski definition) is 3. The minimum absolute atomic E-state index is 0.0681. The largest absolute Gasteiger partial charge is 0.348 e. The Kier molecular flexibility index (Phi) is 3.76. The van der Waals surface area contributed by atoms with E-state index in [1.165, 1.54) is 12.1 Å². The Morgan fingerprint density at radius 1 is 1.47 bits per heavy atom. The summed E-state index contributed by atoms with van der Waals surface area (Å²) >= 11 is 0. The molecule has 1 saturated heterocycles. The van der Waals surface area contributed by atoms with Gasteiger partial charge in [0.05, 0.1) is 12.7 Å². The molecule has 1 unspecified atom stereocenters. The van der Waals surface area contributed by atoms with Crippen LogP contribution in [0.2, 0.25) is 0 Å². The van der Waals surface area contributed by atoms with Crippen LogP contribution in [0.15, 0.2) is 24.3 Å². The van der Waals surface area contributed by atoms with Crippen LogP contribution in [0.3, 0.4) is 0 Å². The first-order chi connectivity index (χ1) is 8.05. The molecule has 1 heterocycles. The van der Waals surface area contributed by atoms with E-state index in [2.05, 4.69) is 5.32 Å². The molecule has 1 N–H and O–H groups in total. The summed E-state index contributed by atoms with van der Waals surface area (Å²) in [6, 6.07) is 6.58. The lowest BCUT2D eigenvalue weighted by Gasteiger charge is -2.17. The summed E-state index contributed by atoms with van der Waals surface area (Å²) in [5.74, 6) is -0.684. The second kappa shape index (κ2) is 5.12. The number of nitrogens with one attached hydrogen (secondary N) is 1. The van der Waals surface area contributed by atoms with Gasteiger partial charge in [0.2, 0.25) is 0 Å². The average Bonchev–Trinajstić information content (AvgIpc) is 2.58. The maximum absolute atomic E-state index is 12.9. The van der Waals surface area contributed by atoms with Crippen LogP contribution in [0.4, 0.5) is 4.39 Å². The van der Waals surface area contributed by atoms with Gasteiger partial charge in [0.15, 0.2) is 5.79 Å². The van der Waals surface area contributed by atoms with Gasteiger partial charge in [0.25, 0.3) is 0 Å². The zero-order chi connectivity index (χ0) is 12.3. The van der Waals surface area contributed by atoms with Crippen LogP contribution < -0.4 is 5.32 Å². The van der Waals surface area contributed by atoms with Gasteiger partial charge in [0.1, 0.15) is 5.82 Å². The minimum Gasteiger partial charge on any atom is -0.348 e. The fourth-order valence-corrected chi connectivity index (χ4v) is 1.89. The first-order valence-corrected chi connectivity index (χ1v) is 5.82. The van der Waals surface area contributed by atoms with Crippen molar-refractivity contribution in [2.45, 2.75) is 32.3 Å². The molecule has 0 spiro atoms. The van der Waals surface area contributed by atoms with E-state index in [9.17, 15) is 4.39 Å². The molecule has 1 aromatic rings. The standard InChI is InChI=1S/C13H18FNO2/c1-13(2)16-9-12(17-13)8-15-7-10-4-3-5-11(14)6-10/h3-6,12,15H,7-9H2,1-2H3. The zero-order valence-electron chi connectivity index (χ0n) is 10.2. The molecule has 3 nitrogen and oxygen atoms in total. The van der Waals surface area contributed by atoms with Crippen molar-refractivity contribution in [2.24, 2.45) is 0 Å². The third-order valence-corrected chi connectivity index (χ3v) is 2.66. The molecule has 1 aromatic carbocycles. The van der Waals surface area contributed by atoms with Crippen LogP contribution in [0.25, 0.3) is 0 Å². The average molecular weight is 239 g/mol. The molecular formula is C13H18FNO2. The van der Waals surface area contributed by atoms with Gasteiger partial charge in [-0.25, -0.2) is 4.39 Å². The van der Waals surface area contributed by atoms with E-state index in [0.717, 1.165) is 5.56 Å². The molecule has 1 aliphatic rings. The summed E-state index contributed by atoms with van der Waals surface area (Å²) in [5, 5.41) is 3.24. The number of hydrogen-bond donors (Lipinski definition) is 1. The summed E-state index contributed by atoms with van der Waals surface area (Å²) in [5.41, 5.74) is 0.933. The van der Waals surface area contributed by atoms with Crippen LogP contribution >= 0.6 is 0 Å². The molecule has 17 heavy (non-hydrogen) atoms. The fraction of sp³-hybridized carbons (Fsp3) is 0.538. The Morgan fingerprint density at radius 3 is 2.94 bits per heavy atom. The third-order valence-electron chi connectivity index (χ3n) is 2.66. The van der Waals surface area contributed by atoms with Crippen molar-refractivity contribution < 1.29 is 13.9 Å². The summed E-state index contributed by atoms with van der Waals surface area (Å²) in [6.45, 7) is 5.75. The van der Waals surface area contributed by atoms with Crippen molar-refractivity contribution >= 4 is 0 Å². The Bertz CT molecular complexity index is 381. The maximum atomic E-state index is 12.9. The predicted octanol–water partition coefficient (Wildman–Crippen LogP) is 2.07. The molecular weight excluding hydrogens is 221 g/mol. The predicted molar refractivity (Wildman–Crippen MR) is 63.0 cm³/mol. The molecule has 0 bridgehead atoms. The molecule has 1 fully saturated rings. The molecule has 1 aliphatic heterocycles. The van der Waals surface area contributed by atoms with E-state index in [-0.39, 0.29) is 11.9 Å². The van der Waals surface area contributed by atoms with Crippen LogP contribution in [-0.4, -0.2) is 25.0 Å². The molecule has 1 atom stereocenters. The lowest BCUT2D eigenvalue weighted by atomic mass is 10.2. The SMILES string of the molecule is CC1(C)OCC(CNCc2cccc(F)c2)O1. The fourth-order valence-electron chi connectivity index (χ4n) is 1.89. The number of ether oxygens (including phenoxy) is 2. The lowest BCUT2D eigenvalue weighted by Crippen LogP contribution is -2.30. The van der Waals surface area contributed by atoms with E-state index in [1.807, 2.05) is 19.9 Å². The Balaban J connectivity index is 1.73. The highest BCUT2D eigenvalue weighted by atomic mass is 19.1. The lowest BCUT2D eigenvalue weighted by molar-refractivity contribution is -0.137. The van der Waals surface area contributed by atoms with Crippen molar-refractivity contribution in [2.75, 3.05) is 13.2 Å². The van der Waals surface area contributed by atoms with Gasteiger partial charge in [0, 0.05) is 13.1 Å². The van der Waals surface area contributed by atoms with Crippen molar-refractivity contribution in [1.29, 1.82) is 0 Å². The molecule has 0 radical (unpaired) electrons. The highest BCUT2D eigenvalue weighted by Crippen LogP contribution is 2.21. The van der Waals surface area contributed by atoms with Gasteiger partial charge in [-0.3, -0.25) is 0 Å². The molecule has 94 valence electrons. The monoisotopic (exact) mass is 239 g/mol. The highest BCUT2D eigenvalue weighted by Gasteiger charge is 2.32. The van der Waals surface area contributed by atoms with Crippen LogP contribution in [0.1, 0.15) is 19.4 Å². The van der Waals surface area contributed by atoms with Gasteiger partial charge in [-0.2, -0.15) is 0 Å². The van der Waals surface area contributed by atoms with E-state index >= 15 is 0 Å². The first-order valence-electron chi connectivity index (χ1n) is 5.82. The number of rotatable bonds is 4. The van der Waals surface area contributed by atoms with Crippen molar-refractivity contribution in [3.05, 3.63) is 35.6 Å². The molecule has 0 aliphatic carbocycles. The zero-order valence-corrected chi connectivity index (χ0v) is 10.2. The van der Waals surface area contributed by atoms with Gasteiger partial charge in [-0.05, 0) is 31.5 Å². The summed E-state index contributed by atoms with van der Waals surface area (Å²) < 4.78 is 24.0. The highest BCUT2D eigenvalue weighted by molar-refractivity contribution is 5.15. The van der Waals surface area contributed by atoms with Gasteiger partial charge >= 0.3 is 0 Å². The van der Waals surface area contributed by atoms with E-state index in [4.69, 9.17) is 9.47 Å². The molecule has 0 aromatic heterocycles. The molecule has 0 amide bonds. The smallest absolute Gasteiger partial charge is 0.163 e. The van der Waals surface area contributed by atoms with Gasteiger partial charge < -0.3 is 14.8 Å². The second-order valence-corrected chi connectivity index (χ2v) is 4.71. The number of benzene rings is 1. The summed E-state index contributed by atoms with van der Waals surface area (Å²) in [7, 11) is 0. The minimum atomic E-state index is -0.481. The van der Waals surface area contributed by atoms with Crippen molar-refractivity contribution in [1.82, 2.24) is 5.32 Å². The van der Waals surface area contributed by atoms with Gasteiger partial charge in [-0.1, -0.05) is 12.1 Å². The van der Waals surface area contributed by atoms with E-state index < -0.39 is 5.79 Å². The van der Waals surface area contributed by atoms with Crippen LogP contribution in [0.5, 0.6) is 0 Å². The van der Waals surface area contributed by atoms with E-state index in [1.54, 1.807) is 6.07 Å². The normalized spacial score (nSPS) is 22.9. The van der Waals surface area contributed by atoms with E-state index in [0.29, 0.717) is 19.7 Å².